The van der Waals surface area contributed by atoms with Crippen LogP contribution in [0.25, 0.3) is 0 Å². The van der Waals surface area contributed by atoms with Crippen LogP contribution < -0.4 is 0 Å². The molecule has 68 heavy (non-hydrogen) atoms. The van der Waals surface area contributed by atoms with Gasteiger partial charge in [0.1, 0.15) is 5.60 Å². The zero-order valence-electron chi connectivity index (χ0n) is 43.9. The average Bonchev–Trinajstić information content (AvgIpc) is 3.24. The Bertz CT molecular complexity index is 2280. The molecular formula is C62H84O6. The molecule has 0 aromatic rings. The van der Waals surface area contributed by atoms with E-state index >= 15 is 0 Å². The minimum atomic E-state index is -1.27. The summed E-state index contributed by atoms with van der Waals surface area (Å²) in [5, 5.41) is 39.5. The summed E-state index contributed by atoms with van der Waals surface area (Å²) in [5.41, 5.74) is 8.32. The molecule has 368 valence electrons. The van der Waals surface area contributed by atoms with E-state index in [1.54, 1.807) is 38.2 Å². The highest BCUT2D eigenvalue weighted by atomic mass is 16.4. The quantitative estimate of drug-likeness (QED) is 0.0758. The fraction of sp³-hybridized carbons (Fsp3) is 0.387. The molecular weight excluding hydrogens is 841 g/mol. The third-order valence-electron chi connectivity index (χ3n) is 12.3. The van der Waals surface area contributed by atoms with Gasteiger partial charge < -0.3 is 20.4 Å². The number of aliphatic hydroxyl groups is 2. The molecule has 0 aliphatic heterocycles. The average molecular weight is 925 g/mol. The molecule has 2 aliphatic carbocycles. The molecule has 6 nitrogen and oxygen atoms in total. The van der Waals surface area contributed by atoms with Gasteiger partial charge in [-0.15, -0.1) is 0 Å². The molecule has 0 aromatic carbocycles. The van der Waals surface area contributed by atoms with Crippen LogP contribution in [0.4, 0.5) is 0 Å². The van der Waals surface area contributed by atoms with E-state index in [1.807, 2.05) is 121 Å². The number of allylic oxidation sites excluding steroid dienone is 33. The van der Waals surface area contributed by atoms with E-state index in [-0.39, 0.29) is 5.41 Å². The van der Waals surface area contributed by atoms with Gasteiger partial charge in [0.2, 0.25) is 0 Å². The van der Waals surface area contributed by atoms with E-state index in [0.29, 0.717) is 12.0 Å². The second-order valence-electron chi connectivity index (χ2n) is 19.8. The number of aliphatic carboxylic acids is 2. The van der Waals surface area contributed by atoms with E-state index in [1.165, 1.54) is 41.6 Å². The molecule has 0 heterocycles. The highest BCUT2D eigenvalue weighted by molar-refractivity contribution is 5.86. The molecule has 0 amide bonds. The van der Waals surface area contributed by atoms with Gasteiger partial charge >= 0.3 is 11.9 Å². The van der Waals surface area contributed by atoms with Gasteiger partial charge in [0.05, 0.1) is 5.60 Å². The van der Waals surface area contributed by atoms with Crippen molar-refractivity contribution < 1.29 is 30.0 Å². The Morgan fingerprint density at radius 3 is 1.28 bits per heavy atom. The third kappa shape index (κ3) is 23.3. The lowest BCUT2D eigenvalue weighted by Gasteiger charge is -2.53. The largest absolute Gasteiger partial charge is 0.478 e. The van der Waals surface area contributed by atoms with E-state index in [0.717, 1.165) is 46.8 Å². The Morgan fingerprint density at radius 2 is 0.868 bits per heavy atom. The topological polar surface area (TPSA) is 115 Å². The Labute approximate surface area is 411 Å². The monoisotopic (exact) mass is 925 g/mol. The smallest absolute Gasteiger partial charge is 0.331 e. The second kappa shape index (κ2) is 29.8. The summed E-state index contributed by atoms with van der Waals surface area (Å²) < 4.78 is 0. The van der Waals surface area contributed by atoms with Gasteiger partial charge in [-0.2, -0.15) is 0 Å². The minimum absolute atomic E-state index is 0.276. The molecule has 0 aromatic heterocycles. The molecule has 2 atom stereocenters. The van der Waals surface area contributed by atoms with Crippen molar-refractivity contribution in [1.82, 2.24) is 0 Å². The Morgan fingerprint density at radius 1 is 0.471 bits per heavy atom. The predicted octanol–water partition coefficient (Wildman–Crippen LogP) is 15.9. The van der Waals surface area contributed by atoms with Gasteiger partial charge in [-0.05, 0) is 130 Å². The van der Waals surface area contributed by atoms with E-state index in [9.17, 15) is 19.8 Å². The highest BCUT2D eigenvalue weighted by Gasteiger charge is 2.56. The van der Waals surface area contributed by atoms with Crippen molar-refractivity contribution in [1.29, 1.82) is 0 Å². The maximum atomic E-state index is 11.3. The molecule has 0 bridgehead atoms. The molecule has 0 spiro atoms. The van der Waals surface area contributed by atoms with Gasteiger partial charge in [0.25, 0.3) is 0 Å². The molecule has 0 saturated heterocycles. The minimum Gasteiger partial charge on any atom is -0.478 e. The van der Waals surface area contributed by atoms with Crippen molar-refractivity contribution >= 4 is 11.9 Å². The maximum absolute atomic E-state index is 11.3. The molecule has 4 N–H and O–H groups in total. The van der Waals surface area contributed by atoms with Crippen LogP contribution >= 0.6 is 0 Å². The van der Waals surface area contributed by atoms with Gasteiger partial charge in [0, 0.05) is 11.6 Å². The van der Waals surface area contributed by atoms with Crippen LogP contribution in [0.2, 0.25) is 0 Å². The lowest BCUT2D eigenvalue weighted by Crippen LogP contribution is -2.62. The zero-order valence-corrected chi connectivity index (χ0v) is 43.9. The molecule has 2 rings (SSSR count). The lowest BCUT2D eigenvalue weighted by atomic mass is 9.58. The Kier molecular flexibility index (Phi) is 26.4. The number of rotatable bonds is 19. The molecule has 0 radical (unpaired) electrons. The van der Waals surface area contributed by atoms with Crippen molar-refractivity contribution in [2.75, 3.05) is 0 Å². The first-order chi connectivity index (χ1) is 31.7. The van der Waals surface area contributed by atoms with Gasteiger partial charge in [0.15, 0.2) is 0 Å². The van der Waals surface area contributed by atoms with Crippen molar-refractivity contribution in [3.8, 4) is 0 Å². The number of carbonyl (C=O) groups is 2. The summed E-state index contributed by atoms with van der Waals surface area (Å²) in [5.74, 6) is -1.86. The summed E-state index contributed by atoms with van der Waals surface area (Å²) in [7, 11) is 0. The second-order valence-corrected chi connectivity index (χ2v) is 19.8. The zero-order chi connectivity index (χ0) is 51.6. The van der Waals surface area contributed by atoms with Gasteiger partial charge in [-0.3, -0.25) is 0 Å². The Balaban J connectivity index is 0.000000691. The van der Waals surface area contributed by atoms with Crippen LogP contribution in [-0.4, -0.2) is 43.6 Å². The fourth-order valence-corrected chi connectivity index (χ4v) is 7.76. The molecule has 1 fully saturated rings. The van der Waals surface area contributed by atoms with Crippen LogP contribution in [0.5, 0.6) is 0 Å². The predicted molar refractivity (Wildman–Crippen MR) is 291 cm³/mol. The molecule has 2 aliphatic rings. The summed E-state index contributed by atoms with van der Waals surface area (Å²) >= 11 is 0. The fourth-order valence-electron chi connectivity index (χ4n) is 7.76. The summed E-state index contributed by atoms with van der Waals surface area (Å²) in [6.45, 7) is 28.4. The standard InChI is InChI=1S/C35H46O2.C27H38O4/c1-27(17-11-19-29(3)21-13-22-32(6)34(36)37)15-9-10-16-28(2)18-12-20-30(4)24-25-33-31(5)23-14-26-35(33,7)8;1-21(11-7-8-12-22(2)15-16-24(28)29)13-9-14-23(3)17-20-27(31)25(4,5)18-10-19-26(27,6)30/h9-13,15-22,24-25H,14,23,26H2,1-8H3,(H,36,37);7-9,11-17,20,30-31H,10,18-19H2,1-6H3,(H,28,29)/b10-9+,17-11+,18-12+,21-13+,25-24+,27-15+,28-16+,29-19+,30-20+,32-22+;8-7+,13-9+,16-15+,20-17+,21-11+,22-12+,23-14+/t;26-,27-/m.1/s1. The van der Waals surface area contributed by atoms with E-state index in [2.05, 4.69) is 90.2 Å². The third-order valence-corrected chi connectivity index (χ3v) is 12.3. The first-order valence-corrected chi connectivity index (χ1v) is 23.8. The Hall–Kier alpha value is -5.82. The van der Waals surface area contributed by atoms with Crippen LogP contribution in [0, 0.1) is 10.8 Å². The van der Waals surface area contributed by atoms with Crippen molar-refractivity contribution in [2.45, 2.75) is 147 Å². The van der Waals surface area contributed by atoms with E-state index in [4.69, 9.17) is 10.2 Å². The number of carboxylic acid groups (broad SMARTS) is 2. The maximum Gasteiger partial charge on any atom is 0.331 e. The van der Waals surface area contributed by atoms with Crippen LogP contribution in [0.1, 0.15) is 135 Å². The van der Waals surface area contributed by atoms with Crippen LogP contribution in [0.15, 0.2) is 214 Å². The van der Waals surface area contributed by atoms with E-state index < -0.39 is 28.6 Å². The van der Waals surface area contributed by atoms with Gasteiger partial charge in [-0.25, -0.2) is 9.59 Å². The van der Waals surface area contributed by atoms with Crippen LogP contribution in [-0.2, 0) is 9.59 Å². The lowest BCUT2D eigenvalue weighted by molar-refractivity contribution is -0.194. The molecule has 1 saturated carbocycles. The number of hydrogen-bond acceptors (Lipinski definition) is 4. The van der Waals surface area contributed by atoms with Crippen molar-refractivity contribution in [3.05, 3.63) is 214 Å². The van der Waals surface area contributed by atoms with Gasteiger partial charge in [-0.1, -0.05) is 218 Å². The summed E-state index contributed by atoms with van der Waals surface area (Å²) in [6, 6.07) is 0. The van der Waals surface area contributed by atoms with Crippen molar-refractivity contribution in [2.24, 2.45) is 10.8 Å². The SMILES string of the molecule is CC(/C=C/C=C(C)/C=C/[C@@]1(O)C(C)(C)CCC[C@@]1(C)O)=C\C=C\C=C(C)\C=C\C(=O)O.CC1=C(/C=C/C(C)=C/C=C/C(C)=C/C=C/C=C(C)/C=C/C=C(C)/C=C/C=C(\C)C(=O)O)C(C)(C)CCC1. The summed E-state index contributed by atoms with van der Waals surface area (Å²) in [4.78, 5) is 21.3. The first-order valence-electron chi connectivity index (χ1n) is 23.8. The normalized spacial score (nSPS) is 23.4. The molecule has 0 unspecified atom stereocenters. The summed E-state index contributed by atoms with van der Waals surface area (Å²) in [6.07, 6.45) is 56.4. The van der Waals surface area contributed by atoms with Crippen molar-refractivity contribution in [3.63, 3.8) is 0 Å². The number of hydrogen-bond donors (Lipinski definition) is 4. The first kappa shape index (κ1) is 60.2. The molecule has 6 heteroatoms. The highest BCUT2D eigenvalue weighted by Crippen LogP contribution is 2.50. The van der Waals surface area contributed by atoms with Crippen LogP contribution in [0.3, 0.4) is 0 Å². The number of carboxylic acids is 2.